The second-order valence-corrected chi connectivity index (χ2v) is 7.24. The number of hydrogen-bond acceptors (Lipinski definition) is 6. The molecule has 32 heavy (non-hydrogen) atoms. The minimum absolute atomic E-state index is 0.142. The molecule has 2 aromatic carbocycles. The summed E-state index contributed by atoms with van der Waals surface area (Å²) in [6, 6.07) is 14.7. The zero-order valence-electron chi connectivity index (χ0n) is 18.4. The Bertz CT molecular complexity index is 1180. The maximum absolute atomic E-state index is 12.5. The molecule has 0 fully saturated rings. The Morgan fingerprint density at radius 1 is 1.03 bits per heavy atom. The van der Waals surface area contributed by atoms with Crippen molar-refractivity contribution < 1.29 is 19.1 Å². The molecule has 0 unspecified atom stereocenters. The van der Waals surface area contributed by atoms with Gasteiger partial charge in [0.25, 0.3) is 11.5 Å². The van der Waals surface area contributed by atoms with Gasteiger partial charge in [-0.1, -0.05) is 6.07 Å². The zero-order valence-corrected chi connectivity index (χ0v) is 18.4. The van der Waals surface area contributed by atoms with Crippen LogP contribution >= 0.6 is 0 Å². The van der Waals surface area contributed by atoms with Crippen LogP contribution in [0.15, 0.2) is 59.4 Å². The van der Waals surface area contributed by atoms with Crippen molar-refractivity contribution in [3.63, 3.8) is 0 Å². The second-order valence-electron chi connectivity index (χ2n) is 7.24. The number of aromatic nitrogens is 2. The van der Waals surface area contributed by atoms with Crippen molar-refractivity contribution in [3.8, 4) is 11.6 Å². The van der Waals surface area contributed by atoms with Gasteiger partial charge >= 0.3 is 5.97 Å². The Kier molecular flexibility index (Phi) is 7.04. The van der Waals surface area contributed by atoms with Gasteiger partial charge < -0.3 is 14.8 Å². The average Bonchev–Trinajstić information content (AvgIpc) is 2.77. The standard InChI is InChI=1S/C24H25N3O5/c1-5-31-24(30)18-7-9-19(10-8-18)25-23(29)17(4)32-21-12-13-22(28)27(26-21)20-11-6-15(2)16(3)14-20/h6-14,17H,5H2,1-4H3,(H,25,29)/t17-/m0/s1. The number of ether oxygens (including phenoxy) is 2. The van der Waals surface area contributed by atoms with Crippen LogP contribution in [-0.4, -0.2) is 34.4 Å². The summed E-state index contributed by atoms with van der Waals surface area (Å²) >= 11 is 0. The molecule has 1 atom stereocenters. The van der Waals surface area contributed by atoms with Crippen LogP contribution in [0, 0.1) is 13.8 Å². The molecule has 8 nitrogen and oxygen atoms in total. The predicted octanol–water partition coefficient (Wildman–Crippen LogP) is 3.43. The van der Waals surface area contributed by atoms with E-state index < -0.39 is 18.0 Å². The van der Waals surface area contributed by atoms with Gasteiger partial charge in [-0.3, -0.25) is 9.59 Å². The van der Waals surface area contributed by atoms with Crippen LogP contribution in [0.2, 0.25) is 0 Å². The summed E-state index contributed by atoms with van der Waals surface area (Å²) in [6.07, 6.45) is -0.877. The molecule has 1 aromatic heterocycles. The van der Waals surface area contributed by atoms with Gasteiger partial charge in [0.1, 0.15) is 0 Å². The number of aryl methyl sites for hydroxylation is 2. The molecule has 1 heterocycles. The molecule has 0 aliphatic carbocycles. The van der Waals surface area contributed by atoms with Gasteiger partial charge in [-0.15, -0.1) is 5.10 Å². The minimum Gasteiger partial charge on any atom is -0.463 e. The molecular weight excluding hydrogens is 410 g/mol. The first-order valence-corrected chi connectivity index (χ1v) is 10.2. The fourth-order valence-corrected chi connectivity index (χ4v) is 2.88. The smallest absolute Gasteiger partial charge is 0.338 e. The van der Waals surface area contributed by atoms with E-state index >= 15 is 0 Å². The number of benzene rings is 2. The summed E-state index contributed by atoms with van der Waals surface area (Å²) in [5, 5.41) is 6.96. The normalized spacial score (nSPS) is 11.5. The van der Waals surface area contributed by atoms with E-state index in [1.807, 2.05) is 26.0 Å². The average molecular weight is 435 g/mol. The van der Waals surface area contributed by atoms with Crippen molar-refractivity contribution in [2.75, 3.05) is 11.9 Å². The van der Waals surface area contributed by atoms with Crippen molar-refractivity contribution in [1.82, 2.24) is 9.78 Å². The van der Waals surface area contributed by atoms with Crippen molar-refractivity contribution in [2.45, 2.75) is 33.8 Å². The first-order valence-electron chi connectivity index (χ1n) is 10.2. The molecule has 0 spiro atoms. The topological polar surface area (TPSA) is 99.5 Å². The molecule has 1 amide bonds. The molecular formula is C24H25N3O5. The number of nitrogens with one attached hydrogen (secondary N) is 1. The lowest BCUT2D eigenvalue weighted by Gasteiger charge is -2.15. The summed E-state index contributed by atoms with van der Waals surface area (Å²) < 4.78 is 11.8. The third-order valence-corrected chi connectivity index (χ3v) is 4.84. The molecule has 0 aliphatic rings. The van der Waals surface area contributed by atoms with Crippen LogP contribution in [-0.2, 0) is 9.53 Å². The van der Waals surface area contributed by atoms with Crippen LogP contribution in [0.25, 0.3) is 5.69 Å². The number of esters is 1. The lowest BCUT2D eigenvalue weighted by atomic mass is 10.1. The molecule has 0 saturated heterocycles. The molecule has 1 N–H and O–H groups in total. The number of carbonyl (C=O) groups is 2. The SMILES string of the molecule is CCOC(=O)c1ccc(NC(=O)[C@H](C)Oc2ccc(=O)n(-c3ccc(C)c(C)c3)n2)cc1. The highest BCUT2D eigenvalue weighted by Gasteiger charge is 2.17. The highest BCUT2D eigenvalue weighted by Crippen LogP contribution is 2.15. The number of nitrogens with zero attached hydrogens (tertiary/aromatic N) is 2. The fraction of sp³-hybridized carbons (Fsp3) is 0.250. The number of amides is 1. The van der Waals surface area contributed by atoms with Crippen LogP contribution < -0.4 is 15.6 Å². The van der Waals surface area contributed by atoms with Gasteiger partial charge in [0.15, 0.2) is 6.10 Å². The Labute approximate surface area is 185 Å². The Hall–Kier alpha value is -3.94. The van der Waals surface area contributed by atoms with Gasteiger partial charge in [0.2, 0.25) is 5.88 Å². The van der Waals surface area contributed by atoms with Gasteiger partial charge in [0.05, 0.1) is 17.9 Å². The summed E-state index contributed by atoms with van der Waals surface area (Å²) in [5.74, 6) is -0.685. The van der Waals surface area contributed by atoms with Crippen LogP contribution in [0.4, 0.5) is 5.69 Å². The molecule has 8 heteroatoms. The van der Waals surface area contributed by atoms with E-state index in [0.717, 1.165) is 11.1 Å². The monoisotopic (exact) mass is 435 g/mol. The number of rotatable bonds is 7. The van der Waals surface area contributed by atoms with Crippen LogP contribution in [0.5, 0.6) is 5.88 Å². The molecule has 166 valence electrons. The second kappa shape index (κ2) is 9.91. The van der Waals surface area contributed by atoms with Gasteiger partial charge in [0, 0.05) is 17.8 Å². The maximum atomic E-state index is 12.5. The van der Waals surface area contributed by atoms with E-state index in [1.165, 1.54) is 16.8 Å². The largest absolute Gasteiger partial charge is 0.463 e. The third kappa shape index (κ3) is 5.40. The molecule has 0 bridgehead atoms. The summed E-state index contributed by atoms with van der Waals surface area (Å²) in [6.45, 7) is 7.54. The number of hydrogen-bond donors (Lipinski definition) is 1. The first-order chi connectivity index (χ1) is 15.3. The maximum Gasteiger partial charge on any atom is 0.338 e. The van der Waals surface area contributed by atoms with Crippen LogP contribution in [0.3, 0.4) is 0 Å². The minimum atomic E-state index is -0.877. The summed E-state index contributed by atoms with van der Waals surface area (Å²) in [7, 11) is 0. The Morgan fingerprint density at radius 2 is 1.75 bits per heavy atom. The van der Waals surface area contributed by atoms with E-state index in [4.69, 9.17) is 9.47 Å². The van der Waals surface area contributed by atoms with E-state index in [9.17, 15) is 14.4 Å². The van der Waals surface area contributed by atoms with Crippen molar-refractivity contribution >= 4 is 17.6 Å². The predicted molar refractivity (Wildman–Crippen MR) is 120 cm³/mol. The molecule has 3 rings (SSSR count). The third-order valence-electron chi connectivity index (χ3n) is 4.84. The van der Waals surface area contributed by atoms with E-state index in [-0.39, 0.29) is 18.0 Å². The Morgan fingerprint density at radius 3 is 2.41 bits per heavy atom. The van der Waals surface area contributed by atoms with Gasteiger partial charge in [-0.05, 0) is 75.2 Å². The van der Waals surface area contributed by atoms with Crippen molar-refractivity contribution in [1.29, 1.82) is 0 Å². The molecule has 0 aliphatic heterocycles. The van der Waals surface area contributed by atoms with E-state index in [0.29, 0.717) is 16.9 Å². The molecule has 0 saturated carbocycles. The van der Waals surface area contributed by atoms with E-state index in [2.05, 4.69) is 10.4 Å². The molecule has 3 aromatic rings. The first kappa shape index (κ1) is 22.7. The molecule has 0 radical (unpaired) electrons. The highest BCUT2D eigenvalue weighted by atomic mass is 16.5. The fourth-order valence-electron chi connectivity index (χ4n) is 2.88. The lowest BCUT2D eigenvalue weighted by molar-refractivity contribution is -0.122. The summed E-state index contributed by atoms with van der Waals surface area (Å²) in [5.41, 5.74) is 3.35. The lowest BCUT2D eigenvalue weighted by Crippen LogP contribution is -2.31. The highest BCUT2D eigenvalue weighted by molar-refractivity contribution is 5.95. The summed E-state index contributed by atoms with van der Waals surface area (Å²) in [4.78, 5) is 36.5. The number of carbonyl (C=O) groups excluding carboxylic acids is 2. The zero-order chi connectivity index (χ0) is 23.3. The number of anilines is 1. The van der Waals surface area contributed by atoms with Gasteiger partial charge in [-0.25, -0.2) is 4.79 Å². The Balaban J connectivity index is 1.69. The van der Waals surface area contributed by atoms with E-state index in [1.54, 1.807) is 44.2 Å². The van der Waals surface area contributed by atoms with Gasteiger partial charge in [-0.2, -0.15) is 4.68 Å². The van der Waals surface area contributed by atoms with Crippen molar-refractivity contribution in [2.24, 2.45) is 0 Å². The quantitative estimate of drug-likeness (QED) is 0.571. The van der Waals surface area contributed by atoms with Crippen LogP contribution in [0.1, 0.15) is 35.3 Å². The van der Waals surface area contributed by atoms with Crippen molar-refractivity contribution in [3.05, 3.63) is 81.6 Å².